The van der Waals surface area contributed by atoms with E-state index in [0.29, 0.717) is 0 Å². The van der Waals surface area contributed by atoms with Crippen molar-refractivity contribution in [2.24, 2.45) is 0 Å². The predicted molar refractivity (Wildman–Crippen MR) is 50.8 cm³/mol. The van der Waals surface area contributed by atoms with Gasteiger partial charge in [-0.25, -0.2) is 0 Å². The molecule has 0 unspecified atom stereocenters. The number of hydrogen-bond acceptors (Lipinski definition) is 2. The molecule has 1 rings (SSSR count). The van der Waals surface area contributed by atoms with Crippen LogP contribution in [0.1, 0.15) is 32.1 Å². The van der Waals surface area contributed by atoms with E-state index >= 15 is 0 Å². The molecule has 0 atom stereocenters. The molecule has 70 valence electrons. The molecule has 0 aliphatic heterocycles. The monoisotopic (exact) mass is 272 g/mol. The van der Waals surface area contributed by atoms with E-state index in [1.54, 1.807) is 0 Å². The summed E-state index contributed by atoms with van der Waals surface area (Å²) in [7, 11) is 11.0. The van der Waals surface area contributed by atoms with Crippen LogP contribution in [0, 0.1) is 0 Å². The molecule has 1 fully saturated rings. The summed E-state index contributed by atoms with van der Waals surface area (Å²) in [5.41, 5.74) is 0. The molecule has 0 saturated heterocycles. The number of rotatable bonds is 2. The normalized spacial score (nSPS) is 19.6. The summed E-state index contributed by atoms with van der Waals surface area (Å²) in [6, 6.07) is 0. The Bertz CT molecular complexity index is 157. The van der Waals surface area contributed by atoms with Crippen LogP contribution in [0.2, 0.25) is 0 Å². The second-order valence-corrected chi connectivity index (χ2v) is 9.03. The molecule has 0 spiro atoms. The van der Waals surface area contributed by atoms with E-state index in [1.807, 2.05) is 0 Å². The van der Waals surface area contributed by atoms with Gasteiger partial charge in [0, 0.05) is 0 Å². The van der Waals surface area contributed by atoms with Crippen LogP contribution >= 0.6 is 19.9 Å². The van der Waals surface area contributed by atoms with Crippen LogP contribution in [-0.4, -0.2) is 23.6 Å². The molecule has 5 heteroatoms. The Hall–Kier alpha value is 0.608. The van der Waals surface area contributed by atoms with Gasteiger partial charge in [0.15, 0.2) is 0 Å². The van der Waals surface area contributed by atoms with Gasteiger partial charge in [0.25, 0.3) is 0 Å². The van der Waals surface area contributed by atoms with Gasteiger partial charge >= 0.3 is 85.2 Å². The fourth-order valence-corrected chi connectivity index (χ4v) is 2.26. The van der Waals surface area contributed by atoms with E-state index in [9.17, 15) is 4.79 Å². The van der Waals surface area contributed by atoms with Gasteiger partial charge in [-0.15, -0.1) is 0 Å². The minimum atomic E-state index is -2.31. The molecule has 0 aromatic heterocycles. The van der Waals surface area contributed by atoms with Crippen LogP contribution in [0.4, 0.5) is 4.79 Å². The van der Waals surface area contributed by atoms with Gasteiger partial charge < -0.3 is 0 Å². The zero-order chi connectivity index (χ0) is 8.97. The molecule has 2 nitrogen and oxygen atoms in total. The van der Waals surface area contributed by atoms with Crippen molar-refractivity contribution >= 4 is 37.4 Å². The summed E-state index contributed by atoms with van der Waals surface area (Å²) in [5.74, 6) is 0. The van der Waals surface area contributed by atoms with Crippen molar-refractivity contribution in [3.8, 4) is 0 Å². The third-order valence-electron chi connectivity index (χ3n) is 1.96. The van der Waals surface area contributed by atoms with E-state index in [4.69, 9.17) is 24.6 Å². The van der Waals surface area contributed by atoms with Gasteiger partial charge in [-0.05, 0) is 0 Å². The number of carbonyl (C=O) groups excluding carboxylic acids is 1. The molecule has 0 heterocycles. The molecular weight excluding hydrogens is 262 g/mol. The van der Waals surface area contributed by atoms with Crippen molar-refractivity contribution in [2.45, 2.75) is 38.2 Å². The first-order valence-electron chi connectivity index (χ1n) is 4.02. The Balaban J connectivity index is 2.24. The number of hydrogen-bond donors (Lipinski definition) is 0. The van der Waals surface area contributed by atoms with E-state index in [-0.39, 0.29) is 10.9 Å². The van der Waals surface area contributed by atoms with Crippen LogP contribution in [0.25, 0.3) is 0 Å². The van der Waals surface area contributed by atoms with Crippen molar-refractivity contribution < 1.29 is 9.53 Å². The van der Waals surface area contributed by atoms with Crippen LogP contribution in [0.15, 0.2) is 0 Å². The van der Waals surface area contributed by atoms with Crippen molar-refractivity contribution in [3.05, 3.63) is 0 Å². The summed E-state index contributed by atoms with van der Waals surface area (Å²) in [5, 5.41) is 0. The van der Waals surface area contributed by atoms with Gasteiger partial charge in [-0.1, -0.05) is 0 Å². The molecule has 0 aromatic rings. The molecule has 1 aliphatic carbocycles. The second-order valence-electron chi connectivity index (χ2n) is 2.88. The Morgan fingerprint density at radius 3 is 2.33 bits per heavy atom. The van der Waals surface area contributed by atoms with Gasteiger partial charge in [-0.3, -0.25) is 0 Å². The van der Waals surface area contributed by atoms with Gasteiger partial charge in [-0.2, -0.15) is 0 Å². The zero-order valence-electron chi connectivity index (χ0n) is 6.63. The van der Waals surface area contributed by atoms with E-state index in [1.165, 1.54) is 6.42 Å². The van der Waals surface area contributed by atoms with E-state index in [0.717, 1.165) is 25.7 Å². The Morgan fingerprint density at radius 1 is 1.25 bits per heavy atom. The first-order valence-corrected chi connectivity index (χ1v) is 9.89. The average molecular weight is 273 g/mol. The minimum absolute atomic E-state index is 0.0839. The first-order chi connectivity index (χ1) is 5.70. The summed E-state index contributed by atoms with van der Waals surface area (Å²) in [6.07, 6.45) is 5.58. The van der Waals surface area contributed by atoms with Gasteiger partial charge in [0.05, 0.1) is 0 Å². The SMILES string of the molecule is O=C(OC1CCCCC1)[As](Cl)Cl. The van der Waals surface area contributed by atoms with Crippen molar-refractivity contribution in [1.29, 1.82) is 0 Å². The molecule has 0 bridgehead atoms. The summed E-state index contributed by atoms with van der Waals surface area (Å²) < 4.78 is 4.75. The third kappa shape index (κ3) is 3.55. The zero-order valence-corrected chi connectivity index (χ0v) is 10.0. The maximum absolute atomic E-state index is 11.0. The number of carbonyl (C=O) groups is 1. The van der Waals surface area contributed by atoms with Crippen LogP contribution in [-0.2, 0) is 4.74 Å². The average Bonchev–Trinajstić information content (AvgIpc) is 2.06. The van der Waals surface area contributed by atoms with Crippen LogP contribution in [0.3, 0.4) is 0 Å². The summed E-state index contributed by atoms with van der Waals surface area (Å²) in [4.78, 5) is 11.0. The molecule has 0 radical (unpaired) electrons. The summed E-state index contributed by atoms with van der Waals surface area (Å²) >= 11 is -2.31. The Labute approximate surface area is 85.1 Å². The van der Waals surface area contributed by atoms with Crippen LogP contribution < -0.4 is 0 Å². The first kappa shape index (κ1) is 10.7. The molecule has 12 heavy (non-hydrogen) atoms. The maximum atomic E-state index is 11.0. The third-order valence-corrected chi connectivity index (χ3v) is 4.19. The molecule has 0 N–H and O–H groups in total. The Kier molecular flexibility index (Phi) is 4.78. The Morgan fingerprint density at radius 2 is 1.83 bits per heavy atom. The summed E-state index contributed by atoms with van der Waals surface area (Å²) in [6.45, 7) is 0. The van der Waals surface area contributed by atoms with Gasteiger partial charge in [0.1, 0.15) is 0 Å². The van der Waals surface area contributed by atoms with Crippen molar-refractivity contribution in [3.63, 3.8) is 0 Å². The molecular formula is C7H11AsCl2O2. The second kappa shape index (κ2) is 5.36. The molecule has 0 aromatic carbocycles. The molecule has 0 amide bonds. The number of ether oxygens (including phenoxy) is 1. The quantitative estimate of drug-likeness (QED) is 0.723. The van der Waals surface area contributed by atoms with E-state index < -0.39 is 12.8 Å². The van der Waals surface area contributed by atoms with Crippen molar-refractivity contribution in [2.75, 3.05) is 0 Å². The van der Waals surface area contributed by atoms with Crippen LogP contribution in [0.5, 0.6) is 0 Å². The van der Waals surface area contributed by atoms with Gasteiger partial charge in [0.2, 0.25) is 0 Å². The van der Waals surface area contributed by atoms with Crippen molar-refractivity contribution in [1.82, 2.24) is 0 Å². The standard InChI is InChI=1S/C7H11AsCl2O2/c9-8(10)7(11)12-6-4-2-1-3-5-6/h6H,1-5H2. The predicted octanol–water partition coefficient (Wildman–Crippen LogP) is 3.00. The van der Waals surface area contributed by atoms with E-state index in [2.05, 4.69) is 0 Å². The molecule has 1 saturated carbocycles. The number of halogens is 2. The molecule has 1 aliphatic rings. The fraction of sp³-hybridized carbons (Fsp3) is 0.857. The fourth-order valence-electron chi connectivity index (χ4n) is 1.37. The topological polar surface area (TPSA) is 26.3 Å².